The van der Waals surface area contributed by atoms with E-state index in [1.807, 2.05) is 50.4 Å². The van der Waals surface area contributed by atoms with E-state index in [9.17, 15) is 4.79 Å². The molecular weight excluding hydrogens is 319 g/mol. The Balaban J connectivity index is 1.96. The fourth-order valence-corrected chi connectivity index (χ4v) is 2.57. The molecule has 0 aliphatic carbocycles. The van der Waals surface area contributed by atoms with Crippen molar-refractivity contribution in [1.82, 2.24) is 19.7 Å². The van der Waals surface area contributed by atoms with Gasteiger partial charge < -0.3 is 14.6 Å². The summed E-state index contributed by atoms with van der Waals surface area (Å²) in [5.74, 6) is 0.503. The summed E-state index contributed by atoms with van der Waals surface area (Å²) in [6.45, 7) is 9.82. The predicted molar refractivity (Wildman–Crippen MR) is 95.7 cm³/mol. The van der Waals surface area contributed by atoms with E-state index in [1.165, 1.54) is 6.92 Å². The summed E-state index contributed by atoms with van der Waals surface area (Å²) in [4.78, 5) is 19.9. The van der Waals surface area contributed by atoms with Crippen molar-refractivity contribution in [1.29, 1.82) is 0 Å². The molecule has 8 heteroatoms. The van der Waals surface area contributed by atoms with Crippen LogP contribution in [0.4, 0.5) is 0 Å². The number of fused-ring (bicyclic) bond motifs is 1. The molecule has 0 unspecified atom stereocenters. The maximum absolute atomic E-state index is 11.4. The number of carbonyl (C=O) groups is 1. The zero-order valence-corrected chi connectivity index (χ0v) is 15.2. The first-order chi connectivity index (χ1) is 11.7. The van der Waals surface area contributed by atoms with Gasteiger partial charge in [0.15, 0.2) is 0 Å². The normalized spacial score (nSPS) is 19.4. The van der Waals surface area contributed by atoms with Crippen molar-refractivity contribution < 1.29 is 14.1 Å². The third-order valence-electron chi connectivity index (χ3n) is 4.75. The summed E-state index contributed by atoms with van der Waals surface area (Å²) >= 11 is 0. The largest absolute Gasteiger partial charge is 0.492 e. The molecule has 1 aliphatic rings. The topological polar surface area (TPSA) is 77.8 Å². The van der Waals surface area contributed by atoms with Gasteiger partial charge in [0.25, 0.3) is 0 Å². The van der Waals surface area contributed by atoms with Gasteiger partial charge in [0.2, 0.25) is 11.7 Å². The fourth-order valence-electron chi connectivity index (χ4n) is 2.57. The Bertz CT molecular complexity index is 812. The van der Waals surface area contributed by atoms with Crippen LogP contribution in [0.1, 0.15) is 40.3 Å². The first-order valence-electron chi connectivity index (χ1n) is 8.28. The number of nitrogens with zero attached hydrogens (tertiary/aromatic N) is 3. The molecule has 0 atom stereocenters. The highest BCUT2D eigenvalue weighted by Crippen LogP contribution is 2.38. The molecule has 1 aliphatic heterocycles. The second-order valence-corrected chi connectivity index (χ2v) is 7.19. The molecule has 1 N–H and O–H groups in total. The Morgan fingerprint density at radius 1 is 1.28 bits per heavy atom. The number of aromatic nitrogens is 3. The molecule has 0 saturated carbocycles. The molecule has 2 aromatic heterocycles. The van der Waals surface area contributed by atoms with E-state index in [0.29, 0.717) is 12.3 Å². The van der Waals surface area contributed by atoms with E-state index >= 15 is 0 Å². The summed E-state index contributed by atoms with van der Waals surface area (Å²) in [7, 11) is -0.543. The Morgan fingerprint density at radius 2 is 1.96 bits per heavy atom. The van der Waals surface area contributed by atoms with Crippen LogP contribution in [0, 0.1) is 0 Å². The number of nitrogens with one attached hydrogen (secondary N) is 1. The van der Waals surface area contributed by atoms with Crippen LogP contribution >= 0.6 is 0 Å². The van der Waals surface area contributed by atoms with E-state index in [2.05, 4.69) is 15.3 Å². The van der Waals surface area contributed by atoms with Crippen molar-refractivity contribution in [2.75, 3.05) is 6.54 Å². The smallest absolute Gasteiger partial charge is 0.400 e. The first kappa shape index (κ1) is 17.6. The quantitative estimate of drug-likeness (QED) is 0.859. The van der Waals surface area contributed by atoms with Gasteiger partial charge in [-0.25, -0.2) is 9.97 Å². The maximum Gasteiger partial charge on any atom is 0.492 e. The third kappa shape index (κ3) is 3.45. The molecule has 132 valence electrons. The van der Waals surface area contributed by atoms with Gasteiger partial charge in [-0.1, -0.05) is 0 Å². The van der Waals surface area contributed by atoms with Crippen LogP contribution in [0.2, 0.25) is 0 Å². The van der Waals surface area contributed by atoms with Crippen molar-refractivity contribution in [3.63, 3.8) is 0 Å². The van der Waals surface area contributed by atoms with Gasteiger partial charge in [-0.3, -0.25) is 9.20 Å². The minimum Gasteiger partial charge on any atom is -0.400 e. The van der Waals surface area contributed by atoms with Crippen LogP contribution in [0.15, 0.2) is 30.1 Å². The average molecular weight is 342 g/mol. The van der Waals surface area contributed by atoms with Crippen LogP contribution in [0.25, 0.3) is 11.9 Å². The van der Waals surface area contributed by atoms with Gasteiger partial charge in [0, 0.05) is 25.9 Å². The van der Waals surface area contributed by atoms with E-state index < -0.39 is 18.3 Å². The number of hydrogen-bond donors (Lipinski definition) is 1. The SMILES string of the molecule is CC(=O)NCC(=Cc1cnc2ncccn12)B1OC(C)(C)C(C)(C)O1. The molecule has 1 fully saturated rings. The van der Waals surface area contributed by atoms with Gasteiger partial charge in [-0.05, 0) is 45.3 Å². The molecule has 0 spiro atoms. The summed E-state index contributed by atoms with van der Waals surface area (Å²) in [5, 5.41) is 2.83. The molecule has 3 rings (SSSR count). The summed E-state index contributed by atoms with van der Waals surface area (Å²) in [5.41, 5.74) is 0.764. The Morgan fingerprint density at radius 3 is 2.60 bits per heavy atom. The van der Waals surface area contributed by atoms with Crippen molar-refractivity contribution in [2.45, 2.75) is 45.8 Å². The van der Waals surface area contributed by atoms with Crippen LogP contribution in [-0.2, 0) is 14.1 Å². The molecule has 7 nitrogen and oxygen atoms in total. The highest BCUT2D eigenvalue weighted by Gasteiger charge is 2.52. The lowest BCUT2D eigenvalue weighted by Gasteiger charge is -2.32. The first-order valence-corrected chi connectivity index (χ1v) is 8.28. The highest BCUT2D eigenvalue weighted by molar-refractivity contribution is 6.56. The van der Waals surface area contributed by atoms with E-state index in [4.69, 9.17) is 9.31 Å². The van der Waals surface area contributed by atoms with Crippen LogP contribution in [-0.4, -0.2) is 45.1 Å². The van der Waals surface area contributed by atoms with Crippen molar-refractivity contribution >= 4 is 24.9 Å². The lowest BCUT2D eigenvalue weighted by Crippen LogP contribution is -2.41. The minimum absolute atomic E-state index is 0.109. The monoisotopic (exact) mass is 342 g/mol. The number of amides is 1. The zero-order valence-electron chi connectivity index (χ0n) is 15.2. The van der Waals surface area contributed by atoms with Crippen molar-refractivity contribution in [3.8, 4) is 0 Å². The van der Waals surface area contributed by atoms with Gasteiger partial charge in [0.1, 0.15) is 0 Å². The molecule has 0 radical (unpaired) electrons. The summed E-state index contributed by atoms with van der Waals surface area (Å²) in [6.07, 6.45) is 7.25. The molecule has 25 heavy (non-hydrogen) atoms. The molecule has 3 heterocycles. The Kier molecular flexibility index (Phi) is 4.42. The van der Waals surface area contributed by atoms with E-state index in [0.717, 1.165) is 11.2 Å². The van der Waals surface area contributed by atoms with Gasteiger partial charge in [-0.15, -0.1) is 0 Å². The van der Waals surface area contributed by atoms with Crippen molar-refractivity contribution in [2.24, 2.45) is 0 Å². The van der Waals surface area contributed by atoms with Crippen LogP contribution in [0.5, 0.6) is 0 Å². The highest BCUT2D eigenvalue weighted by atomic mass is 16.7. The summed E-state index contributed by atoms with van der Waals surface area (Å²) in [6, 6.07) is 1.84. The predicted octanol–water partition coefficient (Wildman–Crippen LogP) is 1.88. The second-order valence-electron chi connectivity index (χ2n) is 7.19. The standard InChI is InChI=1S/C17H23BN4O3/c1-12(23)20-10-13(18-24-16(2,3)17(4,5)25-18)9-14-11-21-15-19-7-6-8-22(14)15/h6-9,11H,10H2,1-5H3,(H,20,23). The van der Waals surface area contributed by atoms with Crippen LogP contribution in [0.3, 0.4) is 0 Å². The van der Waals surface area contributed by atoms with Gasteiger partial charge in [-0.2, -0.15) is 0 Å². The van der Waals surface area contributed by atoms with Crippen LogP contribution < -0.4 is 5.32 Å². The fraction of sp³-hybridized carbons (Fsp3) is 0.471. The molecule has 1 amide bonds. The lowest BCUT2D eigenvalue weighted by atomic mass is 9.77. The number of imidazole rings is 1. The number of rotatable bonds is 4. The summed E-state index contributed by atoms with van der Waals surface area (Å²) < 4.78 is 14.1. The van der Waals surface area contributed by atoms with E-state index in [-0.39, 0.29) is 5.91 Å². The third-order valence-corrected chi connectivity index (χ3v) is 4.75. The second kappa shape index (κ2) is 6.27. The Labute approximate surface area is 147 Å². The lowest BCUT2D eigenvalue weighted by molar-refractivity contribution is -0.118. The van der Waals surface area contributed by atoms with Gasteiger partial charge >= 0.3 is 7.12 Å². The Hall–Kier alpha value is -2.19. The molecule has 0 aromatic carbocycles. The molecule has 2 aromatic rings. The van der Waals surface area contributed by atoms with Gasteiger partial charge in [0.05, 0.1) is 23.1 Å². The zero-order chi connectivity index (χ0) is 18.2. The maximum atomic E-state index is 11.4. The van der Waals surface area contributed by atoms with E-state index in [1.54, 1.807) is 12.4 Å². The minimum atomic E-state index is -0.543. The molecular formula is C17H23BN4O3. The molecule has 1 saturated heterocycles. The average Bonchev–Trinajstić information content (AvgIpc) is 3.02. The van der Waals surface area contributed by atoms with Crippen molar-refractivity contribution in [3.05, 3.63) is 35.8 Å². The number of carbonyl (C=O) groups excluding carboxylic acids is 1. The number of hydrogen-bond acceptors (Lipinski definition) is 5. The molecule has 0 bridgehead atoms.